The second-order valence-corrected chi connectivity index (χ2v) is 4.11. The Morgan fingerprint density at radius 1 is 1.53 bits per heavy atom. The molecule has 0 heterocycles. The number of Topliss-reactive ketones (excluding diaryl/α,β-unsaturated/α-hetero) is 1. The van der Waals surface area contributed by atoms with Gasteiger partial charge in [0.05, 0.1) is 11.6 Å². The Bertz CT molecular complexity index is 390. The maximum Gasteiger partial charge on any atom is 0.178 e. The molecule has 0 bridgehead atoms. The maximum atomic E-state index is 12.9. The Morgan fingerprint density at radius 2 is 2.27 bits per heavy atom. The van der Waals surface area contributed by atoms with Gasteiger partial charge in [0.25, 0.3) is 0 Å². The molecular weight excluding hydrogens is 217 g/mol. The third-order valence-corrected chi connectivity index (χ3v) is 2.69. The SMILES string of the molecule is O=C(CNC1CC1)c1cc(F)ccc1Cl. The fourth-order valence-electron chi connectivity index (χ4n) is 1.33. The maximum absolute atomic E-state index is 12.9. The Hall–Kier alpha value is -0.930. The number of halogens is 2. The van der Waals surface area contributed by atoms with Gasteiger partial charge in [0.15, 0.2) is 5.78 Å². The monoisotopic (exact) mass is 227 g/mol. The molecule has 0 spiro atoms. The number of benzene rings is 1. The first kappa shape index (κ1) is 10.6. The van der Waals surface area contributed by atoms with Gasteiger partial charge in [-0.1, -0.05) is 11.6 Å². The Balaban J connectivity index is 2.05. The molecule has 1 N–H and O–H groups in total. The fourth-order valence-corrected chi connectivity index (χ4v) is 1.55. The van der Waals surface area contributed by atoms with Crippen molar-refractivity contribution in [3.63, 3.8) is 0 Å². The molecule has 1 aromatic carbocycles. The first-order chi connectivity index (χ1) is 7.16. The third-order valence-electron chi connectivity index (χ3n) is 2.36. The van der Waals surface area contributed by atoms with Gasteiger partial charge in [0.2, 0.25) is 0 Å². The van der Waals surface area contributed by atoms with E-state index in [1.165, 1.54) is 18.2 Å². The normalized spacial score (nSPS) is 15.3. The van der Waals surface area contributed by atoms with E-state index < -0.39 is 5.82 Å². The molecule has 80 valence electrons. The molecule has 1 aliphatic rings. The molecule has 4 heteroatoms. The van der Waals surface area contributed by atoms with E-state index in [1.54, 1.807) is 0 Å². The van der Waals surface area contributed by atoms with Crippen LogP contribution in [0.5, 0.6) is 0 Å². The molecule has 1 aromatic rings. The summed E-state index contributed by atoms with van der Waals surface area (Å²) in [4.78, 5) is 11.6. The quantitative estimate of drug-likeness (QED) is 0.801. The summed E-state index contributed by atoms with van der Waals surface area (Å²) in [6.07, 6.45) is 2.23. The summed E-state index contributed by atoms with van der Waals surface area (Å²) in [5, 5.41) is 3.38. The minimum absolute atomic E-state index is 0.161. The molecule has 0 saturated heterocycles. The van der Waals surface area contributed by atoms with Crippen LogP contribution in [0, 0.1) is 5.82 Å². The van der Waals surface area contributed by atoms with Crippen LogP contribution in [0.4, 0.5) is 4.39 Å². The average Bonchev–Trinajstić information content (AvgIpc) is 3.02. The van der Waals surface area contributed by atoms with E-state index in [0.717, 1.165) is 12.8 Å². The van der Waals surface area contributed by atoms with Gasteiger partial charge in [0, 0.05) is 11.6 Å². The fraction of sp³-hybridized carbons (Fsp3) is 0.364. The second kappa shape index (κ2) is 4.29. The number of carbonyl (C=O) groups excluding carboxylic acids is 1. The third kappa shape index (κ3) is 2.76. The van der Waals surface area contributed by atoms with Crippen molar-refractivity contribution < 1.29 is 9.18 Å². The van der Waals surface area contributed by atoms with Crippen LogP contribution in [-0.2, 0) is 0 Å². The van der Waals surface area contributed by atoms with Crippen molar-refractivity contribution in [1.82, 2.24) is 5.32 Å². The number of carbonyl (C=O) groups is 1. The lowest BCUT2D eigenvalue weighted by molar-refractivity contribution is 0.0990. The van der Waals surface area contributed by atoms with Crippen molar-refractivity contribution >= 4 is 17.4 Å². The first-order valence-electron chi connectivity index (χ1n) is 4.88. The summed E-state index contributed by atoms with van der Waals surface area (Å²) < 4.78 is 12.9. The van der Waals surface area contributed by atoms with Crippen LogP contribution >= 0.6 is 11.6 Å². The van der Waals surface area contributed by atoms with Crippen molar-refractivity contribution in [2.75, 3.05) is 6.54 Å². The summed E-state index contributed by atoms with van der Waals surface area (Å²) in [5.41, 5.74) is 0.254. The average molecular weight is 228 g/mol. The Labute approximate surface area is 92.4 Å². The topological polar surface area (TPSA) is 29.1 Å². The van der Waals surface area contributed by atoms with Gasteiger partial charge in [-0.2, -0.15) is 0 Å². The smallest absolute Gasteiger partial charge is 0.178 e. The van der Waals surface area contributed by atoms with Gasteiger partial charge in [-0.25, -0.2) is 4.39 Å². The van der Waals surface area contributed by atoms with E-state index in [0.29, 0.717) is 11.1 Å². The van der Waals surface area contributed by atoms with Crippen molar-refractivity contribution in [1.29, 1.82) is 0 Å². The lowest BCUT2D eigenvalue weighted by Gasteiger charge is -2.04. The number of hydrogen-bond donors (Lipinski definition) is 1. The molecule has 0 atom stereocenters. The minimum atomic E-state index is -0.436. The number of nitrogens with one attached hydrogen (secondary N) is 1. The zero-order valence-corrected chi connectivity index (χ0v) is 8.85. The zero-order valence-electron chi connectivity index (χ0n) is 8.09. The van der Waals surface area contributed by atoms with Crippen LogP contribution < -0.4 is 5.32 Å². The Morgan fingerprint density at radius 3 is 2.93 bits per heavy atom. The first-order valence-corrected chi connectivity index (χ1v) is 5.26. The molecular formula is C11H11ClFNO. The predicted octanol–water partition coefficient (Wildman–Crippen LogP) is 2.41. The second-order valence-electron chi connectivity index (χ2n) is 3.70. The van der Waals surface area contributed by atoms with Gasteiger partial charge in [-0.3, -0.25) is 4.79 Å². The van der Waals surface area contributed by atoms with Gasteiger partial charge in [-0.05, 0) is 31.0 Å². The standard InChI is InChI=1S/C11H11ClFNO/c12-10-4-1-7(13)5-9(10)11(15)6-14-8-2-3-8/h1,4-5,8,14H,2-3,6H2. The molecule has 0 radical (unpaired) electrons. The molecule has 0 unspecified atom stereocenters. The van der Waals surface area contributed by atoms with Crippen LogP contribution in [0.1, 0.15) is 23.2 Å². The lowest BCUT2D eigenvalue weighted by atomic mass is 10.1. The van der Waals surface area contributed by atoms with Crippen LogP contribution in [-0.4, -0.2) is 18.4 Å². The van der Waals surface area contributed by atoms with Gasteiger partial charge < -0.3 is 5.32 Å². The van der Waals surface area contributed by atoms with Crippen LogP contribution in [0.15, 0.2) is 18.2 Å². The van der Waals surface area contributed by atoms with Crippen LogP contribution in [0.2, 0.25) is 5.02 Å². The van der Waals surface area contributed by atoms with Crippen molar-refractivity contribution in [3.05, 3.63) is 34.6 Å². The molecule has 0 amide bonds. The highest BCUT2D eigenvalue weighted by molar-refractivity contribution is 6.34. The minimum Gasteiger partial charge on any atom is -0.307 e. The summed E-state index contributed by atoms with van der Waals surface area (Å²) in [7, 11) is 0. The molecule has 1 fully saturated rings. The molecule has 2 rings (SSSR count). The van der Waals surface area contributed by atoms with Crippen molar-refractivity contribution in [3.8, 4) is 0 Å². The van der Waals surface area contributed by atoms with E-state index in [9.17, 15) is 9.18 Å². The van der Waals surface area contributed by atoms with E-state index in [1.807, 2.05) is 0 Å². The van der Waals surface area contributed by atoms with Gasteiger partial charge >= 0.3 is 0 Å². The zero-order chi connectivity index (χ0) is 10.8. The summed E-state index contributed by atoms with van der Waals surface area (Å²) in [6, 6.07) is 4.29. The van der Waals surface area contributed by atoms with E-state index in [-0.39, 0.29) is 17.9 Å². The van der Waals surface area contributed by atoms with Gasteiger partial charge in [0.1, 0.15) is 5.82 Å². The summed E-state index contributed by atoms with van der Waals surface area (Å²) in [6.45, 7) is 0.230. The predicted molar refractivity (Wildman–Crippen MR) is 56.8 cm³/mol. The van der Waals surface area contributed by atoms with E-state index >= 15 is 0 Å². The Kier molecular flexibility index (Phi) is 3.03. The van der Waals surface area contributed by atoms with E-state index in [2.05, 4.69) is 5.32 Å². The molecule has 0 aromatic heterocycles. The number of rotatable bonds is 4. The summed E-state index contributed by atoms with van der Waals surface area (Å²) >= 11 is 5.81. The van der Waals surface area contributed by atoms with Crippen molar-refractivity contribution in [2.45, 2.75) is 18.9 Å². The van der Waals surface area contributed by atoms with Crippen LogP contribution in [0.25, 0.3) is 0 Å². The molecule has 1 saturated carbocycles. The highest BCUT2D eigenvalue weighted by atomic mass is 35.5. The highest BCUT2D eigenvalue weighted by Gasteiger charge is 2.22. The molecule has 1 aliphatic carbocycles. The lowest BCUT2D eigenvalue weighted by Crippen LogP contribution is -2.25. The molecule has 15 heavy (non-hydrogen) atoms. The molecule has 2 nitrogen and oxygen atoms in total. The molecule has 0 aliphatic heterocycles. The number of hydrogen-bond acceptors (Lipinski definition) is 2. The van der Waals surface area contributed by atoms with Crippen molar-refractivity contribution in [2.24, 2.45) is 0 Å². The van der Waals surface area contributed by atoms with Gasteiger partial charge in [-0.15, -0.1) is 0 Å². The largest absolute Gasteiger partial charge is 0.307 e. The van der Waals surface area contributed by atoms with Crippen LogP contribution in [0.3, 0.4) is 0 Å². The number of ketones is 1. The van der Waals surface area contributed by atoms with E-state index in [4.69, 9.17) is 11.6 Å². The highest BCUT2D eigenvalue weighted by Crippen LogP contribution is 2.20. The summed E-state index contributed by atoms with van der Waals surface area (Å²) in [5.74, 6) is -0.597.